The summed E-state index contributed by atoms with van der Waals surface area (Å²) in [4.78, 5) is 30.1. The van der Waals surface area contributed by atoms with Crippen molar-refractivity contribution in [3.8, 4) is 5.69 Å². The van der Waals surface area contributed by atoms with Gasteiger partial charge in [-0.2, -0.15) is 0 Å². The fourth-order valence-electron chi connectivity index (χ4n) is 4.39. The Labute approximate surface area is 197 Å². The zero-order valence-electron chi connectivity index (χ0n) is 19.4. The van der Waals surface area contributed by atoms with Crippen LogP contribution in [0.25, 0.3) is 16.6 Å². The number of aryl methyl sites for hydroxylation is 2. The molecule has 0 aliphatic carbocycles. The molecule has 0 saturated heterocycles. The summed E-state index contributed by atoms with van der Waals surface area (Å²) < 4.78 is 17.4. The summed E-state index contributed by atoms with van der Waals surface area (Å²) in [6.07, 6.45) is 8.58. The predicted octanol–water partition coefficient (Wildman–Crippen LogP) is 3.80. The molecule has 2 N–H and O–H groups in total. The fourth-order valence-corrected chi connectivity index (χ4v) is 4.55. The van der Waals surface area contributed by atoms with Gasteiger partial charge in [0.2, 0.25) is 0 Å². The fraction of sp³-hybridized carbons (Fsp3) is 0.440. The number of pyridine rings is 1. The maximum atomic E-state index is 14.6. The van der Waals surface area contributed by atoms with Gasteiger partial charge in [0.05, 0.1) is 22.2 Å². The number of ketones is 1. The van der Waals surface area contributed by atoms with Crippen LogP contribution in [0.4, 0.5) is 4.39 Å². The normalized spacial score (nSPS) is 12.3. The van der Waals surface area contributed by atoms with E-state index in [9.17, 15) is 14.0 Å². The van der Waals surface area contributed by atoms with Gasteiger partial charge in [-0.15, -0.1) is 0 Å². The lowest BCUT2D eigenvalue weighted by Crippen LogP contribution is -2.31. The summed E-state index contributed by atoms with van der Waals surface area (Å²) in [6, 6.07) is 4.17. The van der Waals surface area contributed by atoms with E-state index in [-0.39, 0.29) is 16.6 Å². The van der Waals surface area contributed by atoms with Crippen molar-refractivity contribution in [1.29, 1.82) is 0 Å². The molecule has 0 radical (unpaired) electrons. The van der Waals surface area contributed by atoms with Crippen LogP contribution >= 0.6 is 11.6 Å². The summed E-state index contributed by atoms with van der Waals surface area (Å²) in [5, 5.41) is 6.53. The third-order valence-electron chi connectivity index (χ3n) is 6.21. The topological polar surface area (TPSA) is 82.5 Å². The van der Waals surface area contributed by atoms with Crippen molar-refractivity contribution < 1.29 is 14.6 Å². The molecule has 0 aliphatic rings. The minimum absolute atomic E-state index is 0.0934. The minimum Gasteiger partial charge on any atom is -0.299 e. The number of unbranched alkanes of at least 4 members (excludes halogenated alkanes) is 1. The van der Waals surface area contributed by atoms with Crippen LogP contribution in [0.5, 0.6) is 0 Å². The summed E-state index contributed by atoms with van der Waals surface area (Å²) in [5.41, 5.74) is 1.60. The van der Waals surface area contributed by atoms with E-state index in [0.717, 1.165) is 25.7 Å². The molecule has 1 atom stereocenters. The Morgan fingerprint density at radius 3 is 2.70 bits per heavy atom. The number of carbonyl (C=O) groups is 1. The Hall–Kier alpha value is -2.80. The highest BCUT2D eigenvalue weighted by Crippen LogP contribution is 2.23. The van der Waals surface area contributed by atoms with Crippen molar-refractivity contribution in [1.82, 2.24) is 14.3 Å². The van der Waals surface area contributed by atoms with E-state index >= 15 is 0 Å². The Morgan fingerprint density at radius 2 is 2.06 bits per heavy atom. The molecule has 0 fully saturated rings. The Morgan fingerprint density at radius 1 is 1.30 bits per heavy atom. The monoisotopic (exact) mass is 473 g/mol. The first-order valence-corrected chi connectivity index (χ1v) is 11.8. The van der Waals surface area contributed by atoms with Gasteiger partial charge in [-0.3, -0.25) is 24.7 Å². The van der Waals surface area contributed by atoms with E-state index in [2.05, 4.69) is 18.8 Å². The molecule has 1 aromatic carbocycles. The summed E-state index contributed by atoms with van der Waals surface area (Å²) in [7, 11) is 1.68. The van der Waals surface area contributed by atoms with Gasteiger partial charge in [0.25, 0.3) is 5.56 Å². The first kappa shape index (κ1) is 24.8. The van der Waals surface area contributed by atoms with E-state index < -0.39 is 11.4 Å². The molecule has 2 heterocycles. The third-order valence-corrected chi connectivity index (χ3v) is 6.45. The van der Waals surface area contributed by atoms with Gasteiger partial charge < -0.3 is 0 Å². The highest BCUT2D eigenvalue weighted by molar-refractivity contribution is 6.30. The van der Waals surface area contributed by atoms with E-state index in [1.165, 1.54) is 35.3 Å². The van der Waals surface area contributed by atoms with Crippen LogP contribution in [0, 0.1) is 11.7 Å². The SMILES string of the molecule is CCCCC(CC)C(=O)CCCc1ncc2c(=O)n(-c3ccc(Cl)cc3F)n(C)c2c1C=[NH2+]. The average molecular weight is 474 g/mol. The predicted molar refractivity (Wildman–Crippen MR) is 130 cm³/mol. The van der Waals surface area contributed by atoms with Crippen molar-refractivity contribution in [2.75, 3.05) is 0 Å². The molecule has 2 aromatic heterocycles. The number of Topliss-reactive ketones (excluding diaryl/α,β-unsaturated/α-hetero) is 1. The van der Waals surface area contributed by atoms with Crippen molar-refractivity contribution in [3.05, 3.63) is 56.8 Å². The zero-order valence-corrected chi connectivity index (χ0v) is 20.2. The van der Waals surface area contributed by atoms with E-state index in [0.29, 0.717) is 47.2 Å². The molecule has 0 aliphatic heterocycles. The molecule has 6 nitrogen and oxygen atoms in total. The maximum Gasteiger partial charge on any atom is 0.280 e. The number of carbonyl (C=O) groups excluding carboxylic acids is 1. The number of nitrogens with zero attached hydrogens (tertiary/aromatic N) is 3. The Kier molecular flexibility index (Phi) is 8.19. The van der Waals surface area contributed by atoms with E-state index in [1.54, 1.807) is 11.7 Å². The number of halogens is 2. The molecular weight excluding hydrogens is 443 g/mol. The van der Waals surface area contributed by atoms with Crippen molar-refractivity contribution in [3.63, 3.8) is 0 Å². The zero-order chi connectivity index (χ0) is 24.1. The number of fused-ring (bicyclic) bond motifs is 1. The Bertz CT molecular complexity index is 1230. The van der Waals surface area contributed by atoms with Crippen LogP contribution in [0.2, 0.25) is 5.02 Å². The van der Waals surface area contributed by atoms with E-state index in [4.69, 9.17) is 17.0 Å². The van der Waals surface area contributed by atoms with Gasteiger partial charge in [-0.1, -0.05) is 38.3 Å². The molecular formula is C25H31ClFN4O2+. The van der Waals surface area contributed by atoms with Crippen LogP contribution in [-0.2, 0) is 18.3 Å². The summed E-state index contributed by atoms with van der Waals surface area (Å²) >= 11 is 5.87. The smallest absolute Gasteiger partial charge is 0.280 e. The number of hydrogen-bond acceptors (Lipinski definition) is 3. The molecule has 0 spiro atoms. The maximum absolute atomic E-state index is 14.6. The summed E-state index contributed by atoms with van der Waals surface area (Å²) in [5.74, 6) is -0.193. The quantitative estimate of drug-likeness (QED) is 0.430. The highest BCUT2D eigenvalue weighted by Gasteiger charge is 2.21. The lowest BCUT2D eigenvalue weighted by atomic mass is 9.91. The molecule has 176 valence electrons. The van der Waals surface area contributed by atoms with E-state index in [1.807, 2.05) is 0 Å². The standard InChI is InChI=1S/C25H30ClFN4O2/c1-4-6-8-16(5-2)23(32)10-7-9-21-18(14-28)24-19(15-29-21)25(33)31(30(24)3)22-12-11-17(26)13-20(22)27/h11-16,28H,4-10H2,1-3H3/p+1. The number of rotatable bonds is 11. The lowest BCUT2D eigenvalue weighted by molar-refractivity contribution is -0.123. The van der Waals surface area contributed by atoms with Crippen LogP contribution in [0.1, 0.15) is 63.6 Å². The third kappa shape index (κ3) is 5.08. The van der Waals surface area contributed by atoms with Crippen molar-refractivity contribution in [2.45, 2.75) is 58.8 Å². The molecule has 33 heavy (non-hydrogen) atoms. The van der Waals surface area contributed by atoms with Gasteiger partial charge in [0.1, 0.15) is 17.3 Å². The summed E-state index contributed by atoms with van der Waals surface area (Å²) in [6.45, 7) is 4.19. The minimum atomic E-state index is -0.603. The first-order valence-electron chi connectivity index (χ1n) is 11.5. The van der Waals surface area contributed by atoms with Crippen LogP contribution in [-0.4, -0.2) is 26.3 Å². The second-order valence-electron chi connectivity index (χ2n) is 8.35. The van der Waals surface area contributed by atoms with Gasteiger partial charge >= 0.3 is 0 Å². The lowest BCUT2D eigenvalue weighted by Gasteiger charge is -2.13. The Balaban J connectivity index is 1.91. The van der Waals surface area contributed by atoms with Gasteiger partial charge in [-0.25, -0.2) is 9.07 Å². The molecule has 3 aromatic rings. The highest BCUT2D eigenvalue weighted by atomic mass is 35.5. The number of benzene rings is 1. The molecule has 0 bridgehead atoms. The van der Waals surface area contributed by atoms with Crippen LogP contribution in [0.3, 0.4) is 0 Å². The second-order valence-corrected chi connectivity index (χ2v) is 8.79. The molecule has 3 rings (SSSR count). The van der Waals surface area contributed by atoms with Crippen molar-refractivity contribution >= 4 is 34.5 Å². The number of aromatic nitrogens is 3. The molecule has 8 heteroatoms. The average Bonchev–Trinajstić information content (AvgIpc) is 3.04. The second kappa shape index (κ2) is 10.9. The van der Waals surface area contributed by atoms with Crippen LogP contribution in [0.15, 0.2) is 29.2 Å². The van der Waals surface area contributed by atoms with Gasteiger partial charge in [0, 0.05) is 30.6 Å². The number of hydrogen-bond donors (Lipinski definition) is 1. The van der Waals surface area contributed by atoms with Gasteiger partial charge in [0.15, 0.2) is 6.21 Å². The number of nitrogens with two attached hydrogens (primary N) is 1. The molecule has 0 saturated carbocycles. The molecule has 1 unspecified atom stereocenters. The first-order chi connectivity index (χ1) is 15.8. The largest absolute Gasteiger partial charge is 0.299 e. The van der Waals surface area contributed by atoms with Crippen LogP contribution < -0.4 is 11.0 Å². The molecule has 0 amide bonds. The van der Waals surface area contributed by atoms with Crippen molar-refractivity contribution in [2.24, 2.45) is 13.0 Å². The van der Waals surface area contributed by atoms with Gasteiger partial charge in [-0.05, 0) is 43.9 Å².